The lowest BCUT2D eigenvalue weighted by Crippen LogP contribution is -2.24. The van der Waals surface area contributed by atoms with Crippen molar-refractivity contribution in [1.82, 2.24) is 19.5 Å². The number of H-pyrrole nitrogens is 2. The average molecular weight is 437 g/mol. The van der Waals surface area contributed by atoms with Crippen molar-refractivity contribution in [2.24, 2.45) is 11.8 Å². The van der Waals surface area contributed by atoms with Gasteiger partial charge in [0.15, 0.2) is 5.52 Å². The minimum absolute atomic E-state index is 0.218. The Balaban J connectivity index is 1.73. The molecule has 3 N–H and O–H groups in total. The monoisotopic (exact) mass is 436 g/mol. The minimum atomic E-state index is -1.01. The Morgan fingerprint density at radius 1 is 1.19 bits per heavy atom. The summed E-state index contributed by atoms with van der Waals surface area (Å²) in [6, 6.07) is 7.32. The first-order valence-corrected chi connectivity index (χ1v) is 11.2. The van der Waals surface area contributed by atoms with E-state index in [1.54, 1.807) is 0 Å². The zero-order valence-electron chi connectivity index (χ0n) is 18.1. The molecule has 8 nitrogen and oxygen atoms in total. The maximum atomic E-state index is 12.4. The van der Waals surface area contributed by atoms with Gasteiger partial charge in [-0.2, -0.15) is 0 Å². The van der Waals surface area contributed by atoms with Crippen LogP contribution in [0.5, 0.6) is 0 Å². The van der Waals surface area contributed by atoms with E-state index in [9.17, 15) is 14.4 Å². The van der Waals surface area contributed by atoms with Gasteiger partial charge in [-0.05, 0) is 36.3 Å². The molecule has 0 amide bonds. The second-order valence-electron chi connectivity index (χ2n) is 8.63. The van der Waals surface area contributed by atoms with Crippen LogP contribution >= 0.6 is 0 Å². The Morgan fingerprint density at radius 3 is 2.66 bits per heavy atom. The van der Waals surface area contributed by atoms with Crippen LogP contribution in [-0.2, 0) is 11.3 Å². The number of benzene rings is 1. The van der Waals surface area contributed by atoms with Crippen LogP contribution < -0.4 is 11.2 Å². The summed E-state index contributed by atoms with van der Waals surface area (Å²) in [6.45, 7) is 2.91. The van der Waals surface area contributed by atoms with E-state index in [4.69, 9.17) is 5.11 Å². The van der Waals surface area contributed by atoms with Crippen LogP contribution in [0.2, 0.25) is 0 Å². The molecule has 0 aliphatic heterocycles. The number of aromatic amines is 2. The summed E-state index contributed by atoms with van der Waals surface area (Å²) in [5.74, 6) is 0.795. The highest BCUT2D eigenvalue weighted by Gasteiger charge is 2.25. The number of fused-ring (bicyclic) bond motifs is 1. The Labute approximate surface area is 185 Å². The fourth-order valence-electron chi connectivity index (χ4n) is 4.84. The van der Waals surface area contributed by atoms with E-state index in [-0.39, 0.29) is 5.52 Å². The molecule has 0 radical (unpaired) electrons. The van der Waals surface area contributed by atoms with Gasteiger partial charge < -0.3 is 9.67 Å². The van der Waals surface area contributed by atoms with Gasteiger partial charge in [0.2, 0.25) is 0 Å². The van der Waals surface area contributed by atoms with E-state index in [0.717, 1.165) is 36.0 Å². The number of aliphatic carboxylic acids is 1. The van der Waals surface area contributed by atoms with Gasteiger partial charge in [0.25, 0.3) is 5.56 Å². The smallest absolute Gasteiger partial charge is 0.328 e. The lowest BCUT2D eigenvalue weighted by Gasteiger charge is -2.29. The van der Waals surface area contributed by atoms with E-state index >= 15 is 0 Å². The molecule has 4 rings (SSSR count). The standard InChI is InChI=1S/C24H28N4O4/c1-2-4-16-5-3-6-17(13-16)14-28-21(25-20-22(28)26-24(32)27-23(20)31)18-10-7-15(8-11-18)9-12-19(29)30/h7-12,16-17H,2-6,13-14H2,1H3,(H,29,30)(H2,26,27,31,32)/b12-9+. The normalized spacial score (nSPS) is 19.0. The number of rotatable bonds is 7. The van der Waals surface area contributed by atoms with Gasteiger partial charge in [-0.1, -0.05) is 56.9 Å². The highest BCUT2D eigenvalue weighted by molar-refractivity contribution is 5.85. The zero-order valence-corrected chi connectivity index (χ0v) is 18.1. The third kappa shape index (κ3) is 4.74. The summed E-state index contributed by atoms with van der Waals surface area (Å²) >= 11 is 0. The van der Waals surface area contributed by atoms with Gasteiger partial charge in [-0.25, -0.2) is 14.6 Å². The largest absolute Gasteiger partial charge is 0.478 e. The maximum Gasteiger partial charge on any atom is 0.328 e. The Bertz CT molecular complexity index is 1250. The number of nitrogens with one attached hydrogen (secondary N) is 2. The van der Waals surface area contributed by atoms with Crippen molar-refractivity contribution in [1.29, 1.82) is 0 Å². The van der Waals surface area contributed by atoms with Crippen molar-refractivity contribution >= 4 is 23.2 Å². The number of nitrogens with zero attached hydrogens (tertiary/aromatic N) is 2. The minimum Gasteiger partial charge on any atom is -0.478 e. The average Bonchev–Trinajstić information content (AvgIpc) is 3.12. The molecule has 2 unspecified atom stereocenters. The van der Waals surface area contributed by atoms with E-state index in [1.807, 2.05) is 28.8 Å². The Morgan fingerprint density at radius 2 is 1.94 bits per heavy atom. The van der Waals surface area contributed by atoms with Gasteiger partial charge in [-0.3, -0.25) is 14.8 Å². The van der Waals surface area contributed by atoms with Crippen molar-refractivity contribution in [2.75, 3.05) is 0 Å². The Hall–Kier alpha value is -3.42. The zero-order chi connectivity index (χ0) is 22.7. The fraction of sp³-hybridized carbons (Fsp3) is 0.417. The number of carboxylic acid groups (broad SMARTS) is 1. The molecule has 32 heavy (non-hydrogen) atoms. The molecule has 0 spiro atoms. The molecule has 2 aromatic heterocycles. The molecule has 1 saturated carbocycles. The molecule has 2 atom stereocenters. The number of carboxylic acids is 1. The molecule has 168 valence electrons. The highest BCUT2D eigenvalue weighted by Crippen LogP contribution is 2.34. The van der Waals surface area contributed by atoms with Gasteiger partial charge >= 0.3 is 11.7 Å². The first-order chi connectivity index (χ1) is 15.4. The number of carbonyl (C=O) groups is 1. The molecule has 0 bridgehead atoms. The first-order valence-electron chi connectivity index (χ1n) is 11.2. The molecule has 1 fully saturated rings. The lowest BCUT2D eigenvalue weighted by molar-refractivity contribution is -0.131. The first kappa shape index (κ1) is 21.8. The van der Waals surface area contributed by atoms with Crippen LogP contribution in [0, 0.1) is 11.8 Å². The van der Waals surface area contributed by atoms with Crippen LogP contribution in [0.4, 0.5) is 0 Å². The van der Waals surface area contributed by atoms with Crippen LogP contribution in [0.1, 0.15) is 51.0 Å². The quantitative estimate of drug-likeness (QED) is 0.487. The maximum absolute atomic E-state index is 12.4. The van der Waals surface area contributed by atoms with Crippen LogP contribution in [-0.4, -0.2) is 30.6 Å². The van der Waals surface area contributed by atoms with E-state index < -0.39 is 17.2 Å². The molecular formula is C24H28N4O4. The lowest BCUT2D eigenvalue weighted by atomic mass is 9.79. The summed E-state index contributed by atoms with van der Waals surface area (Å²) in [6.07, 6.45) is 9.74. The molecular weight excluding hydrogens is 408 g/mol. The molecule has 3 aromatic rings. The van der Waals surface area contributed by atoms with Crippen molar-refractivity contribution < 1.29 is 9.90 Å². The second-order valence-corrected chi connectivity index (χ2v) is 8.63. The van der Waals surface area contributed by atoms with Gasteiger partial charge in [0.1, 0.15) is 11.5 Å². The van der Waals surface area contributed by atoms with Crippen LogP contribution in [0.3, 0.4) is 0 Å². The highest BCUT2D eigenvalue weighted by atomic mass is 16.4. The van der Waals surface area contributed by atoms with E-state index in [2.05, 4.69) is 21.9 Å². The fourth-order valence-corrected chi connectivity index (χ4v) is 4.84. The predicted molar refractivity (Wildman–Crippen MR) is 123 cm³/mol. The summed E-state index contributed by atoms with van der Waals surface area (Å²) < 4.78 is 1.97. The topological polar surface area (TPSA) is 121 Å². The van der Waals surface area contributed by atoms with Crippen molar-refractivity contribution in [3.8, 4) is 11.4 Å². The molecule has 0 saturated heterocycles. The summed E-state index contributed by atoms with van der Waals surface area (Å²) in [5, 5.41) is 8.82. The number of aromatic nitrogens is 4. The van der Waals surface area contributed by atoms with E-state index in [1.165, 1.54) is 31.8 Å². The second kappa shape index (κ2) is 9.38. The van der Waals surface area contributed by atoms with Crippen molar-refractivity contribution in [2.45, 2.75) is 52.0 Å². The van der Waals surface area contributed by atoms with Gasteiger partial charge in [-0.15, -0.1) is 0 Å². The molecule has 1 aromatic carbocycles. The number of hydrogen-bond donors (Lipinski definition) is 3. The molecule has 8 heteroatoms. The molecule has 2 heterocycles. The summed E-state index contributed by atoms with van der Waals surface area (Å²) in [4.78, 5) is 44.8. The third-order valence-corrected chi connectivity index (χ3v) is 6.26. The Kier molecular flexibility index (Phi) is 6.39. The third-order valence-electron chi connectivity index (χ3n) is 6.26. The van der Waals surface area contributed by atoms with Crippen LogP contribution in [0.15, 0.2) is 39.9 Å². The van der Waals surface area contributed by atoms with Crippen molar-refractivity contribution in [3.63, 3.8) is 0 Å². The summed E-state index contributed by atoms with van der Waals surface area (Å²) in [5.41, 5.74) is 1.17. The van der Waals surface area contributed by atoms with Crippen LogP contribution in [0.25, 0.3) is 28.6 Å². The predicted octanol–water partition coefficient (Wildman–Crippen LogP) is 3.78. The summed E-state index contributed by atoms with van der Waals surface area (Å²) in [7, 11) is 0. The number of imidazole rings is 1. The van der Waals surface area contributed by atoms with Gasteiger partial charge in [0, 0.05) is 18.2 Å². The van der Waals surface area contributed by atoms with E-state index in [0.29, 0.717) is 23.9 Å². The SMILES string of the molecule is CCCC1CCCC(Cn2c(-c3ccc(/C=C/C(=O)O)cc3)nc3c(=O)[nH]c(=O)[nH]c32)C1. The van der Waals surface area contributed by atoms with Gasteiger partial charge in [0.05, 0.1) is 0 Å². The van der Waals surface area contributed by atoms with Crippen molar-refractivity contribution in [3.05, 3.63) is 56.7 Å². The molecule has 1 aliphatic carbocycles. The molecule has 1 aliphatic rings. The number of hydrogen-bond acceptors (Lipinski definition) is 4.